The molecule has 0 bridgehead atoms. The Hall–Kier alpha value is -4.42. The fraction of sp³-hybridized carbons (Fsp3) is 0.0222. The molecule has 3 nitrogen and oxygen atoms in total. The topological polar surface area (TPSA) is 54.4 Å². The number of fused-ring (bicyclic) bond motifs is 2. The molecular weight excluding hydrogens is 847 g/mol. The minimum absolute atomic E-state index is 0. The van der Waals surface area contributed by atoms with Gasteiger partial charge in [-0.05, 0) is 80.3 Å². The first-order chi connectivity index (χ1) is 26.1. The monoisotopic (exact) mass is 879 g/mol. The molecule has 8 aromatic carbocycles. The van der Waals surface area contributed by atoms with Gasteiger partial charge in [-0.15, -0.1) is 0 Å². The summed E-state index contributed by atoms with van der Waals surface area (Å²) in [6.07, 6.45) is 0. The average molecular weight is 881 g/mol. The zero-order valence-electron chi connectivity index (χ0n) is 29.0. The van der Waals surface area contributed by atoms with E-state index in [1.165, 1.54) is 64.5 Å². The van der Waals surface area contributed by atoms with Crippen LogP contribution in [0.1, 0.15) is 0 Å². The number of halogens is 3. The second-order valence-corrected chi connectivity index (χ2v) is 18.1. The van der Waals surface area contributed by atoms with Gasteiger partial charge in [0.15, 0.2) is 0 Å². The second-order valence-electron chi connectivity index (χ2n) is 12.3. The van der Waals surface area contributed by atoms with Crippen molar-refractivity contribution in [3.63, 3.8) is 0 Å². The molecule has 0 spiro atoms. The molecule has 10 heteroatoms. The molecule has 0 aromatic heterocycles. The van der Waals surface area contributed by atoms with Gasteiger partial charge in [0.25, 0.3) is 0 Å². The van der Waals surface area contributed by atoms with Crippen molar-refractivity contribution in [1.29, 1.82) is 0 Å². The molecule has 8 aromatic rings. The fourth-order valence-electron chi connectivity index (χ4n) is 6.58. The van der Waals surface area contributed by atoms with Gasteiger partial charge in [-0.3, -0.25) is 4.55 Å². The first-order valence-corrected chi connectivity index (χ1v) is 21.1. The van der Waals surface area contributed by atoms with E-state index in [-0.39, 0.29) is 22.4 Å². The van der Waals surface area contributed by atoms with Gasteiger partial charge in [0.2, 0.25) is 0 Å². The van der Waals surface area contributed by atoms with E-state index in [1.807, 2.05) is 0 Å². The second kappa shape index (κ2) is 17.6. The maximum Gasteiger partial charge on any atom is 0.522 e. The van der Waals surface area contributed by atoms with Crippen molar-refractivity contribution >= 4 is 79.3 Å². The van der Waals surface area contributed by atoms with Gasteiger partial charge < -0.3 is 0 Å². The van der Waals surface area contributed by atoms with Crippen LogP contribution in [0.15, 0.2) is 194 Å². The Morgan fingerprint density at radius 3 is 0.927 bits per heavy atom. The molecule has 0 unspecified atom stereocenters. The molecule has 8 rings (SSSR count). The van der Waals surface area contributed by atoms with E-state index in [0.29, 0.717) is 0 Å². The normalized spacial score (nSPS) is 11.6. The molecule has 1 N–H and O–H groups in total. The summed E-state index contributed by atoms with van der Waals surface area (Å²) in [6.45, 7) is 0. The van der Waals surface area contributed by atoms with Crippen LogP contribution >= 0.6 is 15.8 Å². The van der Waals surface area contributed by atoms with Crippen LogP contribution in [0.25, 0.3) is 32.7 Å². The van der Waals surface area contributed by atoms with Crippen molar-refractivity contribution in [3.8, 4) is 11.1 Å². The van der Waals surface area contributed by atoms with E-state index in [9.17, 15) is 13.2 Å². The van der Waals surface area contributed by atoms with Crippen LogP contribution in [0.4, 0.5) is 13.2 Å². The van der Waals surface area contributed by atoms with Crippen LogP contribution in [-0.4, -0.2) is 18.5 Å². The van der Waals surface area contributed by atoms with Crippen molar-refractivity contribution in [2.75, 3.05) is 0 Å². The van der Waals surface area contributed by atoms with Gasteiger partial charge in [0, 0.05) is 22.4 Å². The molecule has 0 aliphatic heterocycles. The Morgan fingerprint density at radius 1 is 0.400 bits per heavy atom. The van der Waals surface area contributed by atoms with E-state index in [2.05, 4.69) is 194 Å². The summed E-state index contributed by atoms with van der Waals surface area (Å²) in [4.78, 5) is 0. The molecule has 0 saturated heterocycles. The summed E-state index contributed by atoms with van der Waals surface area (Å²) in [7, 11) is -7.54. The van der Waals surface area contributed by atoms with Crippen molar-refractivity contribution < 1.29 is 48.5 Å². The third-order valence-corrected chi connectivity index (χ3v) is 14.4. The molecule has 0 aliphatic rings. The first kappa shape index (κ1) is 40.2. The number of hydrogen-bond donors (Lipinski definition) is 1. The molecule has 0 aliphatic carbocycles. The molecule has 1 radical (unpaired) electrons. The quantitative estimate of drug-likeness (QED) is 0.0752. The van der Waals surface area contributed by atoms with Crippen LogP contribution in [0.5, 0.6) is 0 Å². The summed E-state index contributed by atoms with van der Waals surface area (Å²) >= 11 is 0. The third-order valence-electron chi connectivity index (χ3n) is 8.90. The Labute approximate surface area is 336 Å². The largest absolute Gasteiger partial charge is 0.522 e. The maximum absolute atomic E-state index is 10.7. The van der Waals surface area contributed by atoms with Gasteiger partial charge >= 0.3 is 15.6 Å². The summed E-state index contributed by atoms with van der Waals surface area (Å²) < 4.78 is 57.5. The Balaban J connectivity index is 0.000000518. The van der Waals surface area contributed by atoms with E-state index in [1.54, 1.807) is 0 Å². The van der Waals surface area contributed by atoms with Crippen LogP contribution < -0.4 is 31.8 Å². The third kappa shape index (κ3) is 8.86. The van der Waals surface area contributed by atoms with Gasteiger partial charge in [-0.2, -0.15) is 21.6 Å². The zero-order chi connectivity index (χ0) is 37.7. The van der Waals surface area contributed by atoms with Crippen molar-refractivity contribution in [1.82, 2.24) is 0 Å². The predicted octanol–water partition coefficient (Wildman–Crippen LogP) is 9.57. The Kier molecular flexibility index (Phi) is 12.9. The van der Waals surface area contributed by atoms with E-state index < -0.39 is 31.5 Å². The van der Waals surface area contributed by atoms with Crippen LogP contribution in [0, 0.1) is 0 Å². The SMILES string of the molecule is O=S(=O)(O)C(F)(F)F.[Ag].c1ccc(P(c2ccccc2)c2ccc3ccccc3c2-c2c(P(c3ccccc3)c3ccccc3)ccc3ccccc23)cc1. The van der Waals surface area contributed by atoms with E-state index in [4.69, 9.17) is 13.0 Å². The van der Waals surface area contributed by atoms with Gasteiger partial charge in [0.05, 0.1) is 0 Å². The maximum atomic E-state index is 10.7. The molecule has 279 valence electrons. The molecule has 55 heavy (non-hydrogen) atoms. The van der Waals surface area contributed by atoms with Gasteiger partial charge in [0.1, 0.15) is 0 Å². The predicted molar refractivity (Wildman–Crippen MR) is 222 cm³/mol. The average Bonchev–Trinajstić information content (AvgIpc) is 3.19. The smallest absolute Gasteiger partial charge is 0.279 e. The first-order valence-electron chi connectivity index (χ1n) is 17.0. The molecule has 0 fully saturated rings. The zero-order valence-corrected chi connectivity index (χ0v) is 33.1. The standard InChI is InChI=1S/C44H32P2.CHF3O3S.Ag/c1-5-19-35(20-6-1)45(36-21-7-2-8-22-36)41-31-29-33-17-13-15-27-39(33)43(41)44-40-28-16-14-18-34(40)30-32-42(44)46(37-23-9-3-10-24-37)38-25-11-4-12-26-38;2-1(3,4)8(5,6)7;/h1-32H;(H,5,6,7);. The number of hydrogen-bond acceptors (Lipinski definition) is 2. The molecule has 0 amide bonds. The molecule has 0 saturated carbocycles. The number of rotatable bonds is 7. The Bertz CT molecular complexity index is 2390. The van der Waals surface area contributed by atoms with Crippen LogP contribution in [-0.2, 0) is 32.5 Å². The fourth-order valence-corrected chi connectivity index (χ4v) is 11.5. The minimum atomic E-state index is -5.84. The summed E-state index contributed by atoms with van der Waals surface area (Å²) in [5, 5.41) is 13.3. The summed E-state index contributed by atoms with van der Waals surface area (Å²) in [5.41, 5.74) is -2.83. The van der Waals surface area contributed by atoms with Crippen molar-refractivity contribution in [2.24, 2.45) is 0 Å². The minimum Gasteiger partial charge on any atom is -0.279 e. The molecule has 0 atom stereocenters. The van der Waals surface area contributed by atoms with E-state index >= 15 is 0 Å². The van der Waals surface area contributed by atoms with E-state index in [0.717, 1.165) is 0 Å². The summed E-state index contributed by atoms with van der Waals surface area (Å²) in [6, 6.07) is 71.8. The number of benzene rings is 8. The Morgan fingerprint density at radius 2 is 0.655 bits per heavy atom. The van der Waals surface area contributed by atoms with Gasteiger partial charge in [-0.25, -0.2) is 0 Å². The van der Waals surface area contributed by atoms with Crippen molar-refractivity contribution in [2.45, 2.75) is 5.51 Å². The van der Waals surface area contributed by atoms with Crippen LogP contribution in [0.2, 0.25) is 0 Å². The summed E-state index contributed by atoms with van der Waals surface area (Å²) in [5.74, 6) is 0. The van der Waals surface area contributed by atoms with Gasteiger partial charge in [-0.1, -0.05) is 194 Å². The molecular formula is C45H33AgF3O3P2S. The van der Waals surface area contributed by atoms with Crippen molar-refractivity contribution in [3.05, 3.63) is 194 Å². The number of alkyl halides is 3. The van der Waals surface area contributed by atoms with Crippen LogP contribution in [0.3, 0.4) is 0 Å². The molecule has 0 heterocycles.